The van der Waals surface area contributed by atoms with Gasteiger partial charge in [-0.3, -0.25) is 4.79 Å². The number of carboxylic acids is 1. The van der Waals surface area contributed by atoms with Crippen LogP contribution in [0, 0.1) is 11.2 Å². The summed E-state index contributed by atoms with van der Waals surface area (Å²) in [4.78, 5) is 23.2. The van der Waals surface area contributed by atoms with Gasteiger partial charge in [-0.05, 0) is 33.5 Å². The van der Waals surface area contributed by atoms with Crippen LogP contribution < -0.4 is 5.32 Å². The standard InChI is InChI=1S/C13H15BrFNO3/c1-13(2,3)10(12(18)19)16-11(17)9-7(14)5-4-6-8(9)15/h4-6,10H,1-3H3,(H,16,17)(H,18,19)/t10-/m0/s1. The summed E-state index contributed by atoms with van der Waals surface area (Å²) in [6, 6.07) is 3.01. The molecular weight excluding hydrogens is 317 g/mol. The Kier molecular flexibility index (Phi) is 4.68. The number of carbonyl (C=O) groups is 2. The van der Waals surface area contributed by atoms with Crippen LogP contribution in [0.4, 0.5) is 4.39 Å². The van der Waals surface area contributed by atoms with E-state index in [4.69, 9.17) is 5.11 Å². The van der Waals surface area contributed by atoms with Crippen molar-refractivity contribution in [1.82, 2.24) is 5.32 Å². The van der Waals surface area contributed by atoms with Gasteiger partial charge in [0, 0.05) is 4.47 Å². The molecule has 0 spiro atoms. The van der Waals surface area contributed by atoms with Crippen molar-refractivity contribution in [3.05, 3.63) is 34.1 Å². The van der Waals surface area contributed by atoms with Crippen molar-refractivity contribution < 1.29 is 19.1 Å². The fourth-order valence-corrected chi connectivity index (χ4v) is 2.09. The number of benzene rings is 1. The highest BCUT2D eigenvalue weighted by molar-refractivity contribution is 9.10. The average molecular weight is 332 g/mol. The molecule has 0 saturated heterocycles. The Morgan fingerprint density at radius 3 is 2.37 bits per heavy atom. The molecule has 1 aromatic rings. The van der Waals surface area contributed by atoms with Crippen LogP contribution in [0.25, 0.3) is 0 Å². The minimum Gasteiger partial charge on any atom is -0.480 e. The number of amides is 1. The van der Waals surface area contributed by atoms with Crippen LogP contribution in [0.1, 0.15) is 31.1 Å². The van der Waals surface area contributed by atoms with Crippen molar-refractivity contribution in [3.8, 4) is 0 Å². The maximum absolute atomic E-state index is 13.6. The lowest BCUT2D eigenvalue weighted by atomic mass is 9.86. The van der Waals surface area contributed by atoms with Crippen LogP contribution in [0.3, 0.4) is 0 Å². The molecule has 0 aliphatic heterocycles. The molecule has 6 heteroatoms. The summed E-state index contributed by atoms with van der Waals surface area (Å²) in [7, 11) is 0. The van der Waals surface area contributed by atoms with Crippen molar-refractivity contribution in [2.24, 2.45) is 5.41 Å². The first-order chi connectivity index (χ1) is 8.64. The molecule has 104 valence electrons. The lowest BCUT2D eigenvalue weighted by Crippen LogP contribution is -2.49. The second-order valence-electron chi connectivity index (χ2n) is 5.21. The summed E-state index contributed by atoms with van der Waals surface area (Å²) in [5.41, 5.74) is -0.878. The second kappa shape index (κ2) is 5.69. The van der Waals surface area contributed by atoms with E-state index in [0.29, 0.717) is 0 Å². The zero-order chi connectivity index (χ0) is 14.8. The highest BCUT2D eigenvalue weighted by Crippen LogP contribution is 2.23. The summed E-state index contributed by atoms with van der Waals surface area (Å²) >= 11 is 3.08. The maximum atomic E-state index is 13.6. The lowest BCUT2D eigenvalue weighted by molar-refractivity contribution is -0.142. The average Bonchev–Trinajstić information content (AvgIpc) is 2.23. The first-order valence-corrected chi connectivity index (χ1v) is 6.41. The molecule has 0 radical (unpaired) electrons. The predicted molar refractivity (Wildman–Crippen MR) is 72.4 cm³/mol. The number of carboxylic acid groups (broad SMARTS) is 1. The molecule has 0 unspecified atom stereocenters. The van der Waals surface area contributed by atoms with Gasteiger partial charge in [0.2, 0.25) is 0 Å². The molecule has 1 rings (SSSR count). The highest BCUT2D eigenvalue weighted by atomic mass is 79.9. The first kappa shape index (κ1) is 15.6. The zero-order valence-electron chi connectivity index (χ0n) is 10.8. The van der Waals surface area contributed by atoms with E-state index in [1.165, 1.54) is 12.1 Å². The molecule has 0 heterocycles. The first-order valence-electron chi connectivity index (χ1n) is 5.62. The third-order valence-corrected chi connectivity index (χ3v) is 3.24. The van der Waals surface area contributed by atoms with Gasteiger partial charge < -0.3 is 10.4 Å². The molecule has 2 N–H and O–H groups in total. The Morgan fingerprint density at radius 2 is 1.95 bits per heavy atom. The molecule has 1 amide bonds. The SMILES string of the molecule is CC(C)(C)[C@@H](NC(=O)c1c(F)cccc1Br)C(=O)O. The van der Waals surface area contributed by atoms with Gasteiger partial charge in [-0.1, -0.05) is 26.8 Å². The van der Waals surface area contributed by atoms with Crippen LogP contribution in [0.15, 0.2) is 22.7 Å². The molecule has 0 bridgehead atoms. The Morgan fingerprint density at radius 1 is 1.37 bits per heavy atom. The topological polar surface area (TPSA) is 66.4 Å². The molecule has 4 nitrogen and oxygen atoms in total. The Labute approximate surface area is 119 Å². The van der Waals surface area contributed by atoms with E-state index < -0.39 is 29.2 Å². The van der Waals surface area contributed by atoms with Crippen LogP contribution >= 0.6 is 15.9 Å². The second-order valence-corrected chi connectivity index (χ2v) is 6.06. The molecule has 0 aliphatic rings. The quantitative estimate of drug-likeness (QED) is 0.894. The molecule has 0 aliphatic carbocycles. The van der Waals surface area contributed by atoms with Gasteiger partial charge >= 0.3 is 5.97 Å². The molecule has 0 aromatic heterocycles. The van der Waals surface area contributed by atoms with E-state index in [-0.39, 0.29) is 10.0 Å². The number of rotatable bonds is 3. The van der Waals surface area contributed by atoms with Crippen molar-refractivity contribution in [2.45, 2.75) is 26.8 Å². The lowest BCUT2D eigenvalue weighted by Gasteiger charge is -2.27. The van der Waals surface area contributed by atoms with Gasteiger partial charge in [0.25, 0.3) is 5.91 Å². The van der Waals surface area contributed by atoms with Gasteiger partial charge in [0.05, 0.1) is 5.56 Å². The Balaban J connectivity index is 3.05. The van der Waals surface area contributed by atoms with Crippen molar-refractivity contribution in [2.75, 3.05) is 0 Å². The van der Waals surface area contributed by atoms with Gasteiger partial charge in [0.15, 0.2) is 0 Å². The minimum atomic E-state index is -1.16. The summed E-state index contributed by atoms with van der Waals surface area (Å²) in [5.74, 6) is -2.62. The number of nitrogens with one attached hydrogen (secondary N) is 1. The molecule has 0 fully saturated rings. The maximum Gasteiger partial charge on any atom is 0.326 e. The van der Waals surface area contributed by atoms with Crippen LogP contribution in [-0.2, 0) is 4.79 Å². The highest BCUT2D eigenvalue weighted by Gasteiger charge is 2.33. The fraction of sp³-hybridized carbons (Fsp3) is 0.385. The van der Waals surface area contributed by atoms with E-state index in [2.05, 4.69) is 21.2 Å². The number of halogens is 2. The van der Waals surface area contributed by atoms with Crippen LogP contribution in [0.2, 0.25) is 0 Å². The normalized spacial score (nSPS) is 12.9. The summed E-state index contributed by atoms with van der Waals surface area (Å²) in [6.45, 7) is 5.05. The van der Waals surface area contributed by atoms with E-state index in [1.54, 1.807) is 20.8 Å². The fourth-order valence-electron chi connectivity index (χ4n) is 1.57. The number of hydrogen-bond acceptors (Lipinski definition) is 2. The van der Waals surface area contributed by atoms with Gasteiger partial charge in [0.1, 0.15) is 11.9 Å². The van der Waals surface area contributed by atoms with Crippen molar-refractivity contribution in [3.63, 3.8) is 0 Å². The van der Waals surface area contributed by atoms with Gasteiger partial charge in [-0.15, -0.1) is 0 Å². The van der Waals surface area contributed by atoms with Crippen molar-refractivity contribution >= 4 is 27.8 Å². The minimum absolute atomic E-state index is 0.196. The molecular formula is C13H15BrFNO3. The third-order valence-electron chi connectivity index (χ3n) is 2.58. The summed E-state index contributed by atoms with van der Waals surface area (Å²) < 4.78 is 13.9. The molecule has 1 aromatic carbocycles. The summed E-state index contributed by atoms with van der Waals surface area (Å²) in [6.07, 6.45) is 0. The number of hydrogen-bond donors (Lipinski definition) is 2. The number of aliphatic carboxylic acids is 1. The Bertz CT molecular complexity index is 491. The van der Waals surface area contributed by atoms with Gasteiger partial charge in [-0.2, -0.15) is 0 Å². The van der Waals surface area contributed by atoms with Gasteiger partial charge in [-0.25, -0.2) is 9.18 Å². The predicted octanol–water partition coefficient (Wildman–Crippen LogP) is 2.82. The number of carbonyl (C=O) groups excluding carboxylic acids is 1. The van der Waals surface area contributed by atoms with Crippen molar-refractivity contribution in [1.29, 1.82) is 0 Å². The smallest absolute Gasteiger partial charge is 0.326 e. The van der Waals surface area contributed by atoms with E-state index in [1.807, 2.05) is 0 Å². The molecule has 1 atom stereocenters. The van der Waals surface area contributed by atoms with E-state index in [9.17, 15) is 14.0 Å². The van der Waals surface area contributed by atoms with Crippen LogP contribution in [0.5, 0.6) is 0 Å². The van der Waals surface area contributed by atoms with Crippen LogP contribution in [-0.4, -0.2) is 23.0 Å². The largest absolute Gasteiger partial charge is 0.480 e. The molecule has 0 saturated carbocycles. The summed E-state index contributed by atoms with van der Waals surface area (Å²) in [5, 5.41) is 11.5. The monoisotopic (exact) mass is 331 g/mol. The third kappa shape index (κ3) is 3.76. The Hall–Kier alpha value is -1.43. The zero-order valence-corrected chi connectivity index (χ0v) is 12.4. The molecule has 19 heavy (non-hydrogen) atoms. The van der Waals surface area contributed by atoms with E-state index >= 15 is 0 Å². The van der Waals surface area contributed by atoms with E-state index in [0.717, 1.165) is 6.07 Å².